The van der Waals surface area contributed by atoms with Gasteiger partial charge in [0, 0.05) is 17.2 Å². The SMILES string of the molecule is CC(C)S(=O)(=O)c1ccccc1Nc1nc(Nc2ccc(Sc3nnc(NC(=O)CNCCCO)s3)cc2)ncc1Cl. The number of nitrogens with one attached hydrogen (secondary N) is 4. The van der Waals surface area contributed by atoms with Crippen molar-refractivity contribution in [1.82, 2.24) is 25.5 Å². The fraction of sp³-hybridized carbons (Fsp3) is 0.269. The summed E-state index contributed by atoms with van der Waals surface area (Å²) in [5.74, 6) is 0.290. The van der Waals surface area contributed by atoms with Crippen molar-refractivity contribution in [2.24, 2.45) is 0 Å². The Bertz CT molecular complexity index is 1620. The highest BCUT2D eigenvalue weighted by Gasteiger charge is 2.23. The number of hydrogen-bond donors (Lipinski definition) is 5. The summed E-state index contributed by atoms with van der Waals surface area (Å²) in [6.07, 6.45) is 2.01. The molecule has 0 atom stereocenters. The molecular weight excluding hydrogens is 620 g/mol. The third kappa shape index (κ3) is 8.59. The van der Waals surface area contributed by atoms with E-state index in [9.17, 15) is 13.2 Å². The maximum atomic E-state index is 12.8. The molecule has 16 heteroatoms. The van der Waals surface area contributed by atoms with Crippen molar-refractivity contribution >= 4 is 78.7 Å². The van der Waals surface area contributed by atoms with E-state index in [-0.39, 0.29) is 40.7 Å². The highest BCUT2D eigenvalue weighted by molar-refractivity contribution is 8.01. The van der Waals surface area contributed by atoms with Gasteiger partial charge in [-0.3, -0.25) is 10.1 Å². The van der Waals surface area contributed by atoms with Gasteiger partial charge in [-0.15, -0.1) is 10.2 Å². The van der Waals surface area contributed by atoms with Crippen molar-refractivity contribution in [1.29, 1.82) is 0 Å². The minimum Gasteiger partial charge on any atom is -0.396 e. The van der Waals surface area contributed by atoms with Crippen LogP contribution in [0.1, 0.15) is 20.3 Å². The second-order valence-corrected chi connectivity index (χ2v) is 14.2. The maximum absolute atomic E-state index is 12.8. The molecule has 0 bridgehead atoms. The highest BCUT2D eigenvalue weighted by Crippen LogP contribution is 2.33. The van der Waals surface area contributed by atoms with Crippen LogP contribution < -0.4 is 21.3 Å². The molecule has 0 unspecified atom stereocenters. The quantitative estimate of drug-likeness (QED) is 0.0943. The van der Waals surface area contributed by atoms with Crippen LogP contribution in [0, 0.1) is 0 Å². The maximum Gasteiger partial charge on any atom is 0.240 e. The normalized spacial score (nSPS) is 11.5. The third-order valence-electron chi connectivity index (χ3n) is 5.58. The standard InChI is InChI=1S/C26H29ClN8O4S3/c1-16(2)42(38,39)21-7-4-3-6-20(21)31-23-19(27)14-29-24(33-23)30-17-8-10-18(11-9-17)40-26-35-34-25(41-26)32-22(37)15-28-12-5-13-36/h3-4,6-11,14,16,28,36H,5,12-13,15H2,1-2H3,(H,32,34,37)(H2,29,30,31,33). The fourth-order valence-corrected chi connectivity index (χ4v) is 6.50. The smallest absolute Gasteiger partial charge is 0.240 e. The van der Waals surface area contributed by atoms with Crippen LogP contribution in [0.15, 0.2) is 68.9 Å². The molecule has 0 spiro atoms. The topological polar surface area (TPSA) is 171 Å². The van der Waals surface area contributed by atoms with Crippen LogP contribution in [0.5, 0.6) is 0 Å². The van der Waals surface area contributed by atoms with Crippen molar-refractivity contribution in [3.05, 3.63) is 59.8 Å². The molecule has 4 aromatic rings. The minimum atomic E-state index is -3.54. The van der Waals surface area contributed by atoms with E-state index in [1.54, 1.807) is 38.1 Å². The fourth-order valence-electron chi connectivity index (χ4n) is 3.42. The number of rotatable bonds is 14. The van der Waals surface area contributed by atoms with Gasteiger partial charge in [-0.25, -0.2) is 13.4 Å². The number of para-hydroxylation sites is 1. The van der Waals surface area contributed by atoms with E-state index in [2.05, 4.69) is 41.4 Å². The number of nitrogens with zero attached hydrogens (tertiary/aromatic N) is 4. The number of sulfone groups is 1. The van der Waals surface area contributed by atoms with E-state index in [1.807, 2.05) is 24.3 Å². The van der Waals surface area contributed by atoms with Crippen molar-refractivity contribution < 1.29 is 18.3 Å². The summed E-state index contributed by atoms with van der Waals surface area (Å²) in [7, 11) is -3.54. The Morgan fingerprint density at radius 2 is 1.86 bits per heavy atom. The van der Waals surface area contributed by atoms with Crippen LogP contribution in [-0.2, 0) is 14.6 Å². The molecule has 4 rings (SSSR count). The molecule has 0 saturated heterocycles. The first kappa shape index (κ1) is 31.6. The van der Waals surface area contributed by atoms with Crippen LogP contribution in [0.25, 0.3) is 0 Å². The largest absolute Gasteiger partial charge is 0.396 e. The number of anilines is 5. The van der Waals surface area contributed by atoms with Crippen LogP contribution in [-0.4, -0.2) is 64.5 Å². The zero-order valence-electron chi connectivity index (χ0n) is 22.7. The van der Waals surface area contributed by atoms with Gasteiger partial charge >= 0.3 is 0 Å². The van der Waals surface area contributed by atoms with Gasteiger partial charge in [0.05, 0.1) is 28.6 Å². The number of benzene rings is 2. The molecule has 222 valence electrons. The number of carbonyl (C=O) groups is 1. The van der Waals surface area contributed by atoms with Gasteiger partial charge in [0.25, 0.3) is 0 Å². The summed E-state index contributed by atoms with van der Waals surface area (Å²) in [6.45, 7) is 4.00. The number of aliphatic hydroxyl groups is 1. The molecule has 0 aliphatic rings. The Morgan fingerprint density at radius 3 is 2.60 bits per heavy atom. The molecule has 0 aliphatic heterocycles. The Labute approximate surface area is 256 Å². The lowest BCUT2D eigenvalue weighted by Gasteiger charge is -2.15. The molecule has 2 aromatic heterocycles. The predicted octanol–water partition coefficient (Wildman–Crippen LogP) is 4.71. The van der Waals surface area contributed by atoms with Gasteiger partial charge in [-0.05, 0) is 63.2 Å². The van der Waals surface area contributed by atoms with Crippen molar-refractivity contribution in [3.63, 3.8) is 0 Å². The number of aromatic nitrogens is 4. The van der Waals surface area contributed by atoms with E-state index in [1.165, 1.54) is 29.3 Å². The average molecular weight is 649 g/mol. The lowest BCUT2D eigenvalue weighted by atomic mass is 10.3. The van der Waals surface area contributed by atoms with Gasteiger partial charge in [-0.1, -0.05) is 46.8 Å². The van der Waals surface area contributed by atoms with E-state index in [0.29, 0.717) is 33.8 Å². The van der Waals surface area contributed by atoms with E-state index < -0.39 is 15.1 Å². The van der Waals surface area contributed by atoms with E-state index in [4.69, 9.17) is 16.7 Å². The van der Waals surface area contributed by atoms with Gasteiger partial charge in [0.1, 0.15) is 5.02 Å². The molecule has 2 aromatic carbocycles. The predicted molar refractivity (Wildman–Crippen MR) is 166 cm³/mol. The molecule has 0 aliphatic carbocycles. The van der Waals surface area contributed by atoms with Crippen molar-refractivity contribution in [3.8, 4) is 0 Å². The molecule has 0 fully saturated rings. The molecule has 0 saturated carbocycles. The van der Waals surface area contributed by atoms with E-state index in [0.717, 1.165) is 4.90 Å². The number of halogens is 1. The number of aliphatic hydroxyl groups excluding tert-OH is 1. The van der Waals surface area contributed by atoms with Crippen LogP contribution in [0.3, 0.4) is 0 Å². The summed E-state index contributed by atoms with van der Waals surface area (Å²) < 4.78 is 26.3. The number of hydrogen-bond acceptors (Lipinski definition) is 13. The van der Waals surface area contributed by atoms with E-state index >= 15 is 0 Å². The van der Waals surface area contributed by atoms with Gasteiger partial charge < -0.3 is 21.1 Å². The first-order chi connectivity index (χ1) is 20.2. The Balaban J connectivity index is 1.38. The highest BCUT2D eigenvalue weighted by atomic mass is 35.5. The van der Waals surface area contributed by atoms with Crippen molar-refractivity contribution in [2.45, 2.75) is 39.6 Å². The van der Waals surface area contributed by atoms with Gasteiger partial charge in [0.2, 0.25) is 17.0 Å². The summed E-state index contributed by atoms with van der Waals surface area (Å²) in [6, 6.07) is 14.1. The number of carbonyl (C=O) groups excluding carboxylic acids is 1. The minimum absolute atomic E-state index is 0.0694. The summed E-state index contributed by atoms with van der Waals surface area (Å²) in [4.78, 5) is 21.7. The Kier molecular flexibility index (Phi) is 11.1. The zero-order chi connectivity index (χ0) is 30.1. The molecular formula is C26H29ClN8O4S3. The second-order valence-electron chi connectivity index (χ2n) is 9.03. The molecule has 42 heavy (non-hydrogen) atoms. The number of amides is 1. The molecule has 2 heterocycles. The lowest BCUT2D eigenvalue weighted by molar-refractivity contribution is -0.115. The average Bonchev–Trinajstić information content (AvgIpc) is 3.40. The van der Waals surface area contributed by atoms with Crippen LogP contribution in [0.2, 0.25) is 5.02 Å². The molecule has 1 amide bonds. The summed E-state index contributed by atoms with van der Waals surface area (Å²) in [5, 5.41) is 28.7. The van der Waals surface area contributed by atoms with Gasteiger partial charge in [0.15, 0.2) is 20.0 Å². The second kappa shape index (κ2) is 14.7. The van der Waals surface area contributed by atoms with Crippen LogP contribution >= 0.6 is 34.7 Å². The molecule has 0 radical (unpaired) electrons. The Hall–Kier alpha value is -3.34. The lowest BCUT2D eigenvalue weighted by Crippen LogP contribution is -2.29. The Morgan fingerprint density at radius 1 is 1.10 bits per heavy atom. The first-order valence-electron chi connectivity index (χ1n) is 12.8. The first-order valence-corrected chi connectivity index (χ1v) is 16.3. The molecule has 5 N–H and O–H groups in total. The summed E-state index contributed by atoms with van der Waals surface area (Å²) in [5.41, 5.74) is 1.09. The molecule has 12 nitrogen and oxygen atoms in total. The van der Waals surface area contributed by atoms with Crippen molar-refractivity contribution in [2.75, 3.05) is 35.6 Å². The zero-order valence-corrected chi connectivity index (χ0v) is 25.9. The third-order valence-corrected chi connectivity index (χ3v) is 9.96. The summed E-state index contributed by atoms with van der Waals surface area (Å²) >= 11 is 8.99. The van der Waals surface area contributed by atoms with Gasteiger partial charge in [-0.2, -0.15) is 4.98 Å². The monoisotopic (exact) mass is 648 g/mol. The van der Waals surface area contributed by atoms with Crippen LogP contribution in [0.4, 0.5) is 28.3 Å².